The van der Waals surface area contributed by atoms with Gasteiger partial charge < -0.3 is 5.32 Å². The SMILES string of the molecule is O=C(CN1C(=O)NC2(CCCc3ccccc32)C1=O)c1c(F)cccc1F. The summed E-state index contributed by atoms with van der Waals surface area (Å²) in [5.41, 5.74) is -0.296. The Bertz CT molecular complexity index is 955. The first-order valence-electron chi connectivity index (χ1n) is 8.64. The minimum absolute atomic E-state index is 0.410. The van der Waals surface area contributed by atoms with Crippen LogP contribution in [0.1, 0.15) is 34.3 Å². The van der Waals surface area contributed by atoms with E-state index in [0.29, 0.717) is 18.4 Å². The van der Waals surface area contributed by atoms with Crippen molar-refractivity contribution in [2.24, 2.45) is 0 Å². The molecule has 1 fully saturated rings. The average Bonchev–Trinajstić information content (AvgIpc) is 2.87. The summed E-state index contributed by atoms with van der Waals surface area (Å²) in [4.78, 5) is 38.7. The fraction of sp³-hybridized carbons (Fsp3) is 0.250. The third kappa shape index (κ3) is 2.61. The summed E-state index contributed by atoms with van der Waals surface area (Å²) in [6, 6.07) is 9.66. The minimum atomic E-state index is -1.22. The summed E-state index contributed by atoms with van der Waals surface area (Å²) in [5.74, 6) is -3.57. The maximum absolute atomic E-state index is 13.8. The zero-order chi connectivity index (χ0) is 19.2. The normalized spacial score (nSPS) is 21.3. The number of fused-ring (bicyclic) bond motifs is 2. The fourth-order valence-electron chi connectivity index (χ4n) is 3.94. The highest BCUT2D eigenvalue weighted by Crippen LogP contribution is 2.39. The van der Waals surface area contributed by atoms with E-state index in [4.69, 9.17) is 0 Å². The number of amides is 3. The molecule has 3 amide bonds. The number of hydrogen-bond acceptors (Lipinski definition) is 3. The van der Waals surface area contributed by atoms with Crippen LogP contribution in [0.5, 0.6) is 0 Å². The molecule has 2 aromatic carbocycles. The second-order valence-corrected chi connectivity index (χ2v) is 6.76. The molecule has 27 heavy (non-hydrogen) atoms. The van der Waals surface area contributed by atoms with Gasteiger partial charge in [0.25, 0.3) is 5.91 Å². The minimum Gasteiger partial charge on any atom is -0.319 e. The Morgan fingerprint density at radius 2 is 1.78 bits per heavy atom. The first-order chi connectivity index (χ1) is 12.9. The van der Waals surface area contributed by atoms with Crippen molar-refractivity contribution in [2.75, 3.05) is 6.54 Å². The standard InChI is InChI=1S/C20H16F2N2O3/c21-14-8-3-9-15(22)17(14)16(25)11-24-18(26)20(23-19(24)27)10-4-6-12-5-1-2-7-13(12)20/h1-3,5,7-9H,4,6,10-11H2,(H,23,27). The van der Waals surface area contributed by atoms with Gasteiger partial charge in [-0.05, 0) is 42.5 Å². The van der Waals surface area contributed by atoms with Crippen LogP contribution in [-0.2, 0) is 16.8 Å². The van der Waals surface area contributed by atoms with Crippen molar-refractivity contribution in [3.05, 3.63) is 70.8 Å². The number of nitrogens with one attached hydrogen (secondary N) is 1. The molecule has 1 saturated heterocycles. The molecule has 0 saturated carbocycles. The van der Waals surface area contributed by atoms with Crippen molar-refractivity contribution in [3.63, 3.8) is 0 Å². The van der Waals surface area contributed by atoms with E-state index in [1.54, 1.807) is 12.1 Å². The van der Waals surface area contributed by atoms with Crippen molar-refractivity contribution >= 4 is 17.7 Å². The van der Waals surface area contributed by atoms with Crippen LogP contribution in [0.4, 0.5) is 13.6 Å². The van der Waals surface area contributed by atoms with E-state index in [9.17, 15) is 23.2 Å². The summed E-state index contributed by atoms with van der Waals surface area (Å²) in [7, 11) is 0. The van der Waals surface area contributed by atoms with Crippen LogP contribution in [0.15, 0.2) is 42.5 Å². The molecule has 1 atom stereocenters. The lowest BCUT2D eigenvalue weighted by atomic mass is 9.76. The van der Waals surface area contributed by atoms with E-state index in [0.717, 1.165) is 35.1 Å². The van der Waals surface area contributed by atoms with Gasteiger partial charge in [0.1, 0.15) is 17.2 Å². The van der Waals surface area contributed by atoms with Crippen LogP contribution >= 0.6 is 0 Å². The number of Topliss-reactive ketones (excluding diaryl/α,β-unsaturated/α-hetero) is 1. The van der Waals surface area contributed by atoms with Gasteiger partial charge in [-0.3, -0.25) is 14.5 Å². The van der Waals surface area contributed by atoms with Crippen LogP contribution in [-0.4, -0.2) is 29.2 Å². The lowest BCUT2D eigenvalue weighted by Crippen LogP contribution is -2.46. The molecular formula is C20H16F2N2O3. The number of hydrogen-bond donors (Lipinski definition) is 1. The van der Waals surface area contributed by atoms with Gasteiger partial charge >= 0.3 is 6.03 Å². The molecule has 2 aliphatic rings. The second kappa shape index (κ2) is 6.26. The Labute approximate surface area is 154 Å². The van der Waals surface area contributed by atoms with Crippen molar-refractivity contribution in [1.29, 1.82) is 0 Å². The van der Waals surface area contributed by atoms with Crippen LogP contribution in [0.25, 0.3) is 0 Å². The number of aryl methyl sites for hydroxylation is 1. The number of carbonyl (C=O) groups excluding carboxylic acids is 3. The molecule has 2 aromatic rings. The highest BCUT2D eigenvalue weighted by atomic mass is 19.1. The molecule has 0 radical (unpaired) electrons. The monoisotopic (exact) mass is 370 g/mol. The zero-order valence-corrected chi connectivity index (χ0v) is 14.3. The average molecular weight is 370 g/mol. The number of nitrogens with zero attached hydrogens (tertiary/aromatic N) is 1. The number of halogens is 2. The predicted molar refractivity (Wildman–Crippen MR) is 92.0 cm³/mol. The molecule has 0 aromatic heterocycles. The molecule has 1 spiro atoms. The van der Waals surface area contributed by atoms with Gasteiger partial charge in [0.15, 0.2) is 5.78 Å². The highest BCUT2D eigenvalue weighted by Gasteiger charge is 2.54. The van der Waals surface area contributed by atoms with Crippen LogP contribution < -0.4 is 5.32 Å². The number of ketones is 1. The van der Waals surface area contributed by atoms with Gasteiger partial charge in [-0.2, -0.15) is 0 Å². The van der Waals surface area contributed by atoms with Gasteiger partial charge in [-0.15, -0.1) is 0 Å². The van der Waals surface area contributed by atoms with Gasteiger partial charge in [0.2, 0.25) is 0 Å². The van der Waals surface area contributed by atoms with Crippen molar-refractivity contribution < 1.29 is 23.2 Å². The molecule has 1 N–H and O–H groups in total. The number of benzene rings is 2. The molecule has 0 bridgehead atoms. The highest BCUT2D eigenvalue weighted by molar-refractivity contribution is 6.11. The first kappa shape index (κ1) is 17.3. The Balaban J connectivity index is 1.66. The number of urea groups is 1. The lowest BCUT2D eigenvalue weighted by Gasteiger charge is -2.33. The molecule has 1 aliphatic carbocycles. The predicted octanol–water partition coefficient (Wildman–Crippen LogP) is 2.93. The number of carbonyl (C=O) groups is 3. The number of imide groups is 1. The largest absolute Gasteiger partial charge is 0.325 e. The Morgan fingerprint density at radius 3 is 2.52 bits per heavy atom. The van der Waals surface area contributed by atoms with Crippen molar-refractivity contribution in [1.82, 2.24) is 10.2 Å². The second-order valence-electron chi connectivity index (χ2n) is 6.76. The molecule has 1 unspecified atom stereocenters. The van der Waals surface area contributed by atoms with Crippen molar-refractivity contribution in [2.45, 2.75) is 24.8 Å². The van der Waals surface area contributed by atoms with Crippen molar-refractivity contribution in [3.8, 4) is 0 Å². The fourth-order valence-corrected chi connectivity index (χ4v) is 3.94. The van der Waals surface area contributed by atoms with Gasteiger partial charge in [-0.1, -0.05) is 30.3 Å². The lowest BCUT2D eigenvalue weighted by molar-refractivity contribution is -0.131. The first-order valence-corrected chi connectivity index (χ1v) is 8.64. The van der Waals surface area contributed by atoms with E-state index in [2.05, 4.69) is 5.32 Å². The van der Waals surface area contributed by atoms with Gasteiger partial charge in [-0.25, -0.2) is 13.6 Å². The molecule has 7 heteroatoms. The molecule has 5 nitrogen and oxygen atoms in total. The summed E-state index contributed by atoms with van der Waals surface area (Å²) in [6.45, 7) is -0.716. The number of rotatable bonds is 3. The van der Waals surface area contributed by atoms with Gasteiger partial charge in [0, 0.05) is 0 Å². The van der Waals surface area contributed by atoms with E-state index >= 15 is 0 Å². The molecule has 1 heterocycles. The third-order valence-corrected chi connectivity index (χ3v) is 5.19. The quantitative estimate of drug-likeness (QED) is 0.667. The maximum atomic E-state index is 13.8. The van der Waals surface area contributed by atoms with Crippen LogP contribution in [0, 0.1) is 11.6 Å². The molecular weight excluding hydrogens is 354 g/mol. The van der Waals surface area contributed by atoms with E-state index in [1.807, 2.05) is 12.1 Å². The topological polar surface area (TPSA) is 66.5 Å². The van der Waals surface area contributed by atoms with Gasteiger partial charge in [0.05, 0.1) is 12.1 Å². The molecule has 4 rings (SSSR count). The Morgan fingerprint density at radius 1 is 1.07 bits per heavy atom. The van der Waals surface area contributed by atoms with E-state index < -0.39 is 47.0 Å². The van der Waals surface area contributed by atoms with Crippen LogP contribution in [0.2, 0.25) is 0 Å². The summed E-state index contributed by atoms with van der Waals surface area (Å²) in [6.07, 6.45) is 1.90. The molecule has 1 aliphatic heterocycles. The van der Waals surface area contributed by atoms with E-state index in [1.165, 1.54) is 0 Å². The Hall–Kier alpha value is -3.09. The summed E-state index contributed by atoms with van der Waals surface area (Å²) in [5, 5.41) is 2.71. The zero-order valence-electron chi connectivity index (χ0n) is 14.3. The van der Waals surface area contributed by atoms with E-state index in [-0.39, 0.29) is 0 Å². The Kier molecular flexibility index (Phi) is 4.02. The summed E-state index contributed by atoms with van der Waals surface area (Å²) >= 11 is 0. The smallest absolute Gasteiger partial charge is 0.319 e. The molecule has 138 valence electrons. The third-order valence-electron chi connectivity index (χ3n) is 5.19. The summed E-state index contributed by atoms with van der Waals surface area (Å²) < 4.78 is 27.7. The van der Waals surface area contributed by atoms with Crippen LogP contribution in [0.3, 0.4) is 0 Å². The maximum Gasteiger partial charge on any atom is 0.325 e.